The molecule has 70 valence electrons. The Balaban J connectivity index is 2.51. The highest BCUT2D eigenvalue weighted by Gasteiger charge is 2.03. The normalized spacial score (nSPS) is 10.3. The zero-order valence-corrected chi connectivity index (χ0v) is 8.07. The molecule has 0 aliphatic heterocycles. The van der Waals surface area contributed by atoms with Gasteiger partial charge in [0.2, 0.25) is 0 Å². The van der Waals surface area contributed by atoms with E-state index in [-0.39, 0.29) is 0 Å². The number of rotatable bonds is 2. The summed E-state index contributed by atoms with van der Waals surface area (Å²) in [6.07, 6.45) is 2.35. The molecule has 1 aromatic carbocycles. The molecule has 1 aromatic heterocycles. The summed E-state index contributed by atoms with van der Waals surface area (Å²) >= 11 is 0. The number of nitrogens with zero attached hydrogens (tertiary/aromatic N) is 3. The van der Waals surface area contributed by atoms with Crippen molar-refractivity contribution in [2.75, 3.05) is 0 Å². The van der Waals surface area contributed by atoms with Gasteiger partial charge in [-0.25, -0.2) is 0 Å². The van der Waals surface area contributed by atoms with Gasteiger partial charge in [-0.2, -0.15) is 10.4 Å². The molecule has 0 spiro atoms. The number of hydrogen-bond donors (Lipinski definition) is 0. The summed E-state index contributed by atoms with van der Waals surface area (Å²) in [7, 11) is 0. The first kappa shape index (κ1) is 8.76. The van der Waals surface area contributed by atoms with E-state index in [0.717, 1.165) is 10.9 Å². The van der Waals surface area contributed by atoms with Crippen LogP contribution in [0.15, 0.2) is 24.4 Å². The molecular weight excluding hydrogens is 174 g/mol. The lowest BCUT2D eigenvalue weighted by molar-refractivity contribution is 0.648. The third-order valence-electron chi connectivity index (χ3n) is 2.30. The average Bonchev–Trinajstić information content (AvgIpc) is 2.59. The smallest absolute Gasteiger partial charge is 0.0711 e. The van der Waals surface area contributed by atoms with Crippen LogP contribution in [0.3, 0.4) is 0 Å². The second-order valence-corrected chi connectivity index (χ2v) is 3.29. The fourth-order valence-corrected chi connectivity index (χ4v) is 1.65. The van der Waals surface area contributed by atoms with Crippen molar-refractivity contribution in [1.29, 1.82) is 5.26 Å². The third kappa shape index (κ3) is 1.35. The molecule has 0 amide bonds. The van der Waals surface area contributed by atoms with Gasteiger partial charge >= 0.3 is 0 Å². The zero-order valence-electron chi connectivity index (χ0n) is 8.07. The molecule has 1 heterocycles. The molecule has 0 saturated carbocycles. The van der Waals surface area contributed by atoms with Crippen LogP contribution in [0.1, 0.15) is 12.0 Å². The molecule has 0 atom stereocenters. The lowest BCUT2D eigenvalue weighted by Crippen LogP contribution is -1.99. The van der Waals surface area contributed by atoms with Crippen LogP contribution in [0.5, 0.6) is 0 Å². The first-order valence-corrected chi connectivity index (χ1v) is 4.61. The van der Waals surface area contributed by atoms with Gasteiger partial charge in [-0.15, -0.1) is 0 Å². The average molecular weight is 185 g/mol. The van der Waals surface area contributed by atoms with E-state index in [1.54, 1.807) is 0 Å². The van der Waals surface area contributed by atoms with Gasteiger partial charge in [0.05, 0.1) is 30.7 Å². The number of nitriles is 1. The highest BCUT2D eigenvalue weighted by Crippen LogP contribution is 2.17. The van der Waals surface area contributed by atoms with Crippen LogP contribution in [0, 0.1) is 18.3 Å². The molecule has 2 rings (SSSR count). The maximum Gasteiger partial charge on any atom is 0.0711 e. The molecule has 0 aliphatic rings. The molecule has 0 N–H and O–H groups in total. The molecular formula is C11H11N3. The van der Waals surface area contributed by atoms with Crippen LogP contribution in [0.25, 0.3) is 10.9 Å². The lowest BCUT2D eigenvalue weighted by Gasteiger charge is -2.02. The van der Waals surface area contributed by atoms with Gasteiger partial charge in [0.1, 0.15) is 0 Å². The highest BCUT2D eigenvalue weighted by molar-refractivity contribution is 5.81. The maximum atomic E-state index is 8.52. The first-order valence-electron chi connectivity index (χ1n) is 4.61. The largest absolute Gasteiger partial charge is 0.264 e. The Morgan fingerprint density at radius 1 is 1.50 bits per heavy atom. The van der Waals surface area contributed by atoms with Crippen LogP contribution in [0.2, 0.25) is 0 Å². The molecule has 0 unspecified atom stereocenters. The SMILES string of the molecule is Cc1cccc2cnn(CCC#N)c12. The first-order chi connectivity index (χ1) is 6.83. The number of aromatic nitrogens is 2. The van der Waals surface area contributed by atoms with E-state index in [2.05, 4.69) is 24.2 Å². The van der Waals surface area contributed by atoms with Crippen molar-refractivity contribution >= 4 is 10.9 Å². The summed E-state index contributed by atoms with van der Waals surface area (Å²) in [4.78, 5) is 0. The summed E-state index contributed by atoms with van der Waals surface area (Å²) in [6.45, 7) is 2.73. The van der Waals surface area contributed by atoms with Crippen molar-refractivity contribution in [3.63, 3.8) is 0 Å². The van der Waals surface area contributed by atoms with Crippen LogP contribution < -0.4 is 0 Å². The number of benzene rings is 1. The van der Waals surface area contributed by atoms with Crippen LogP contribution in [-0.2, 0) is 6.54 Å². The Morgan fingerprint density at radius 2 is 2.36 bits per heavy atom. The van der Waals surface area contributed by atoms with E-state index in [9.17, 15) is 0 Å². The van der Waals surface area contributed by atoms with Gasteiger partial charge in [0.15, 0.2) is 0 Å². The van der Waals surface area contributed by atoms with Gasteiger partial charge < -0.3 is 0 Å². The predicted molar refractivity (Wildman–Crippen MR) is 54.7 cm³/mol. The molecule has 3 heteroatoms. The number of aryl methyl sites for hydroxylation is 2. The van der Waals surface area contributed by atoms with Gasteiger partial charge in [-0.1, -0.05) is 18.2 Å². The summed E-state index contributed by atoms with van der Waals surface area (Å²) < 4.78 is 1.90. The molecule has 0 radical (unpaired) electrons. The van der Waals surface area contributed by atoms with E-state index < -0.39 is 0 Å². The topological polar surface area (TPSA) is 41.6 Å². The molecule has 2 aromatic rings. The maximum absolute atomic E-state index is 8.52. The molecule has 0 bridgehead atoms. The Hall–Kier alpha value is -1.82. The number of para-hydroxylation sites is 1. The van der Waals surface area contributed by atoms with E-state index >= 15 is 0 Å². The van der Waals surface area contributed by atoms with E-state index in [4.69, 9.17) is 5.26 Å². The number of hydrogen-bond acceptors (Lipinski definition) is 2. The summed E-state index contributed by atoms with van der Waals surface area (Å²) in [5.74, 6) is 0. The molecule has 14 heavy (non-hydrogen) atoms. The van der Waals surface area contributed by atoms with E-state index in [0.29, 0.717) is 13.0 Å². The highest BCUT2D eigenvalue weighted by atomic mass is 15.3. The molecule has 0 fully saturated rings. The van der Waals surface area contributed by atoms with Crippen molar-refractivity contribution < 1.29 is 0 Å². The Labute approximate surface area is 82.6 Å². The van der Waals surface area contributed by atoms with Crippen LogP contribution in [-0.4, -0.2) is 9.78 Å². The summed E-state index contributed by atoms with van der Waals surface area (Å²) in [5.41, 5.74) is 2.35. The molecule has 0 saturated heterocycles. The predicted octanol–water partition coefficient (Wildman–Crippen LogP) is 2.26. The van der Waals surface area contributed by atoms with Crippen molar-refractivity contribution in [3.8, 4) is 6.07 Å². The van der Waals surface area contributed by atoms with Crippen molar-refractivity contribution in [1.82, 2.24) is 9.78 Å². The Bertz CT molecular complexity index is 491. The van der Waals surface area contributed by atoms with E-state index in [1.807, 2.05) is 23.0 Å². The minimum atomic E-state index is 0.505. The lowest BCUT2D eigenvalue weighted by atomic mass is 10.2. The van der Waals surface area contributed by atoms with Gasteiger partial charge in [-0.05, 0) is 12.5 Å². The van der Waals surface area contributed by atoms with Crippen molar-refractivity contribution in [2.24, 2.45) is 0 Å². The molecule has 0 aliphatic carbocycles. The quantitative estimate of drug-likeness (QED) is 0.720. The van der Waals surface area contributed by atoms with Gasteiger partial charge in [-0.3, -0.25) is 4.68 Å². The second-order valence-electron chi connectivity index (χ2n) is 3.29. The molecule has 3 nitrogen and oxygen atoms in total. The minimum Gasteiger partial charge on any atom is -0.264 e. The van der Waals surface area contributed by atoms with Gasteiger partial charge in [0.25, 0.3) is 0 Å². The fraction of sp³-hybridized carbons (Fsp3) is 0.273. The Kier molecular flexibility index (Phi) is 2.19. The minimum absolute atomic E-state index is 0.505. The third-order valence-corrected chi connectivity index (χ3v) is 2.30. The summed E-state index contributed by atoms with van der Waals surface area (Å²) in [6, 6.07) is 8.25. The summed E-state index contributed by atoms with van der Waals surface area (Å²) in [5, 5.41) is 13.9. The van der Waals surface area contributed by atoms with Crippen LogP contribution >= 0.6 is 0 Å². The monoisotopic (exact) mass is 185 g/mol. The van der Waals surface area contributed by atoms with E-state index in [1.165, 1.54) is 5.56 Å². The van der Waals surface area contributed by atoms with Crippen molar-refractivity contribution in [2.45, 2.75) is 19.9 Å². The Morgan fingerprint density at radius 3 is 3.14 bits per heavy atom. The second kappa shape index (κ2) is 3.51. The zero-order chi connectivity index (χ0) is 9.97. The fourth-order valence-electron chi connectivity index (χ4n) is 1.65. The number of fused-ring (bicyclic) bond motifs is 1. The standard InChI is InChI=1S/C11H11N3/c1-9-4-2-5-10-8-13-14(11(9)10)7-3-6-12/h2,4-5,8H,3,7H2,1H3. The van der Waals surface area contributed by atoms with Crippen molar-refractivity contribution in [3.05, 3.63) is 30.0 Å². The van der Waals surface area contributed by atoms with Crippen LogP contribution in [0.4, 0.5) is 0 Å². The van der Waals surface area contributed by atoms with Gasteiger partial charge in [0, 0.05) is 5.39 Å².